The lowest BCUT2D eigenvalue weighted by molar-refractivity contribution is -0.126. The third kappa shape index (κ3) is 3.41. The van der Waals surface area contributed by atoms with Gasteiger partial charge in [-0.05, 0) is 12.8 Å². The number of ether oxygens (including phenoxy) is 1. The van der Waals surface area contributed by atoms with E-state index in [1.807, 2.05) is 5.38 Å². The molecule has 5 nitrogen and oxygen atoms in total. The summed E-state index contributed by atoms with van der Waals surface area (Å²) in [6.07, 6.45) is 1.04. The second-order valence-corrected chi connectivity index (χ2v) is 7.60. The van der Waals surface area contributed by atoms with Gasteiger partial charge in [0.1, 0.15) is 5.41 Å². The predicted octanol–water partition coefficient (Wildman–Crippen LogP) is 2.46. The number of hydrogen-bond donors (Lipinski definition) is 2. The zero-order chi connectivity index (χ0) is 15.7. The second-order valence-electron chi connectivity index (χ2n) is 6.30. The number of nitrogens with zero attached hydrogens (tertiary/aromatic N) is 1. The second kappa shape index (κ2) is 5.98. The van der Waals surface area contributed by atoms with Crippen molar-refractivity contribution >= 4 is 39.6 Å². The van der Waals surface area contributed by atoms with Gasteiger partial charge in [-0.2, -0.15) is 0 Å². The van der Waals surface area contributed by atoms with Crippen LogP contribution in [-0.2, 0) is 14.9 Å². The first-order valence-electron chi connectivity index (χ1n) is 6.91. The van der Waals surface area contributed by atoms with E-state index >= 15 is 0 Å². The van der Waals surface area contributed by atoms with Crippen LogP contribution in [0.2, 0.25) is 0 Å². The summed E-state index contributed by atoms with van der Waals surface area (Å²) in [6, 6.07) is 0. The summed E-state index contributed by atoms with van der Waals surface area (Å²) < 4.78 is 5.32. The number of nitrogens with two attached hydrogens (primary N) is 1. The SMILES string of the molecule is CC(C)(C)c1csc(NC(=O)C2(C(N)=S)CCOCC2)n1. The molecule has 2 rings (SSSR count). The van der Waals surface area contributed by atoms with E-state index in [0.717, 1.165) is 5.69 Å². The van der Waals surface area contributed by atoms with E-state index in [1.165, 1.54) is 11.3 Å². The van der Waals surface area contributed by atoms with Gasteiger partial charge in [0.2, 0.25) is 5.91 Å². The molecule has 1 aromatic heterocycles. The molecule has 0 saturated carbocycles. The molecule has 1 aliphatic rings. The Morgan fingerprint density at radius 1 is 1.48 bits per heavy atom. The summed E-state index contributed by atoms with van der Waals surface area (Å²) in [5.74, 6) is -0.173. The van der Waals surface area contributed by atoms with Crippen molar-refractivity contribution < 1.29 is 9.53 Å². The summed E-state index contributed by atoms with van der Waals surface area (Å²) in [4.78, 5) is 17.3. The molecule has 1 fully saturated rings. The molecule has 0 atom stereocenters. The zero-order valence-electron chi connectivity index (χ0n) is 12.6. The highest BCUT2D eigenvalue weighted by Gasteiger charge is 2.43. The number of rotatable bonds is 3. The monoisotopic (exact) mass is 327 g/mol. The Labute approximate surface area is 134 Å². The largest absolute Gasteiger partial charge is 0.392 e. The van der Waals surface area contributed by atoms with Gasteiger partial charge < -0.3 is 15.8 Å². The van der Waals surface area contributed by atoms with Gasteiger partial charge in [0.25, 0.3) is 0 Å². The third-order valence-electron chi connectivity index (χ3n) is 3.75. The minimum absolute atomic E-state index is 0.0426. The van der Waals surface area contributed by atoms with Crippen molar-refractivity contribution in [3.63, 3.8) is 0 Å². The molecule has 0 radical (unpaired) electrons. The first-order valence-corrected chi connectivity index (χ1v) is 8.19. The minimum atomic E-state index is -0.818. The van der Waals surface area contributed by atoms with E-state index in [0.29, 0.717) is 31.2 Å². The van der Waals surface area contributed by atoms with Crippen LogP contribution in [-0.4, -0.2) is 29.1 Å². The Balaban J connectivity index is 2.16. The molecule has 7 heteroatoms. The lowest BCUT2D eigenvalue weighted by Crippen LogP contribution is -2.49. The van der Waals surface area contributed by atoms with Crippen LogP contribution in [0.1, 0.15) is 39.3 Å². The summed E-state index contributed by atoms with van der Waals surface area (Å²) in [7, 11) is 0. The molecule has 1 saturated heterocycles. The quantitative estimate of drug-likeness (QED) is 0.834. The predicted molar refractivity (Wildman–Crippen MR) is 88.7 cm³/mol. The third-order valence-corrected chi connectivity index (χ3v) is 4.89. The van der Waals surface area contributed by atoms with E-state index < -0.39 is 5.41 Å². The number of anilines is 1. The number of thiocarbonyl (C=S) groups is 1. The number of nitrogens with one attached hydrogen (secondary N) is 1. The summed E-state index contributed by atoms with van der Waals surface area (Å²) >= 11 is 6.55. The van der Waals surface area contributed by atoms with Gasteiger partial charge in [-0.3, -0.25) is 4.79 Å². The average molecular weight is 327 g/mol. The highest BCUT2D eigenvalue weighted by Crippen LogP contribution is 2.33. The van der Waals surface area contributed by atoms with Crippen LogP contribution in [0.25, 0.3) is 0 Å². The molecule has 0 spiro atoms. The Kier molecular flexibility index (Phi) is 4.65. The number of carbonyl (C=O) groups is 1. The summed E-state index contributed by atoms with van der Waals surface area (Å²) in [5.41, 5.74) is 5.93. The fourth-order valence-corrected chi connectivity index (χ4v) is 3.43. The van der Waals surface area contributed by atoms with Crippen LogP contribution < -0.4 is 11.1 Å². The molecule has 1 aromatic rings. The van der Waals surface area contributed by atoms with Crippen molar-refractivity contribution in [1.82, 2.24) is 4.98 Å². The highest BCUT2D eigenvalue weighted by molar-refractivity contribution is 7.80. The summed E-state index contributed by atoms with van der Waals surface area (Å²) in [6.45, 7) is 7.25. The number of carbonyl (C=O) groups excluding carboxylic acids is 1. The van der Waals surface area contributed by atoms with Crippen molar-refractivity contribution in [2.75, 3.05) is 18.5 Å². The standard InChI is InChI=1S/C14H21N3O2S2/c1-13(2,3)9-8-21-12(16-9)17-11(18)14(10(15)20)4-6-19-7-5-14/h8H,4-7H2,1-3H3,(H2,15,20)(H,16,17,18). The summed E-state index contributed by atoms with van der Waals surface area (Å²) in [5, 5.41) is 5.43. The van der Waals surface area contributed by atoms with Crippen LogP contribution in [0.3, 0.4) is 0 Å². The molecule has 116 valence electrons. The minimum Gasteiger partial charge on any atom is -0.392 e. The maximum Gasteiger partial charge on any atom is 0.239 e. The molecule has 21 heavy (non-hydrogen) atoms. The number of aromatic nitrogens is 1. The maximum atomic E-state index is 12.6. The normalized spacial score (nSPS) is 18.2. The highest BCUT2D eigenvalue weighted by atomic mass is 32.1. The Bertz CT molecular complexity index is 543. The van der Waals surface area contributed by atoms with E-state index in [2.05, 4.69) is 31.1 Å². The first-order chi connectivity index (χ1) is 9.75. The number of amides is 1. The molecule has 1 amide bonds. The van der Waals surface area contributed by atoms with Gasteiger partial charge >= 0.3 is 0 Å². The molecule has 1 aliphatic heterocycles. The van der Waals surface area contributed by atoms with Crippen LogP contribution in [0, 0.1) is 5.41 Å². The molecule has 2 heterocycles. The topological polar surface area (TPSA) is 77.2 Å². The van der Waals surface area contributed by atoms with E-state index in [4.69, 9.17) is 22.7 Å². The molecule has 0 aliphatic carbocycles. The van der Waals surface area contributed by atoms with Crippen LogP contribution in [0.15, 0.2) is 5.38 Å². The van der Waals surface area contributed by atoms with Gasteiger partial charge in [0.15, 0.2) is 5.13 Å². The first kappa shape index (κ1) is 16.3. The van der Waals surface area contributed by atoms with E-state index in [-0.39, 0.29) is 16.3 Å². The molecule has 0 bridgehead atoms. The fraction of sp³-hybridized carbons (Fsp3) is 0.643. The average Bonchev–Trinajstić information content (AvgIpc) is 2.87. The van der Waals surface area contributed by atoms with Gasteiger partial charge in [-0.25, -0.2) is 4.98 Å². The van der Waals surface area contributed by atoms with Crippen molar-refractivity contribution in [3.8, 4) is 0 Å². The van der Waals surface area contributed by atoms with E-state index in [9.17, 15) is 4.79 Å². The van der Waals surface area contributed by atoms with Crippen LogP contribution >= 0.6 is 23.6 Å². The molecule has 0 aromatic carbocycles. The smallest absolute Gasteiger partial charge is 0.239 e. The van der Waals surface area contributed by atoms with Gasteiger partial charge in [0, 0.05) is 24.0 Å². The van der Waals surface area contributed by atoms with Crippen molar-refractivity contribution in [2.24, 2.45) is 11.1 Å². The number of hydrogen-bond acceptors (Lipinski definition) is 5. The fourth-order valence-electron chi connectivity index (χ4n) is 2.20. The zero-order valence-corrected chi connectivity index (χ0v) is 14.2. The van der Waals surface area contributed by atoms with Crippen molar-refractivity contribution in [3.05, 3.63) is 11.1 Å². The van der Waals surface area contributed by atoms with Gasteiger partial charge in [0.05, 0.1) is 10.7 Å². The molecule has 0 unspecified atom stereocenters. The van der Waals surface area contributed by atoms with Crippen molar-refractivity contribution in [1.29, 1.82) is 0 Å². The molecular weight excluding hydrogens is 306 g/mol. The Morgan fingerprint density at radius 3 is 2.57 bits per heavy atom. The lowest BCUT2D eigenvalue weighted by Gasteiger charge is -2.34. The van der Waals surface area contributed by atoms with Crippen LogP contribution in [0.4, 0.5) is 5.13 Å². The van der Waals surface area contributed by atoms with Gasteiger partial charge in [-0.15, -0.1) is 11.3 Å². The van der Waals surface area contributed by atoms with E-state index in [1.54, 1.807) is 0 Å². The number of thiazole rings is 1. The Hall–Kier alpha value is -1.05. The Morgan fingerprint density at radius 2 is 2.10 bits per heavy atom. The molecular formula is C14H21N3O2S2. The van der Waals surface area contributed by atoms with Crippen LogP contribution in [0.5, 0.6) is 0 Å². The lowest BCUT2D eigenvalue weighted by atomic mass is 9.79. The van der Waals surface area contributed by atoms with Gasteiger partial charge in [-0.1, -0.05) is 33.0 Å². The molecule has 3 N–H and O–H groups in total. The van der Waals surface area contributed by atoms with Crippen molar-refractivity contribution in [2.45, 2.75) is 39.0 Å². The maximum absolute atomic E-state index is 12.6.